The minimum absolute atomic E-state index is 0.512. The highest BCUT2D eigenvalue weighted by atomic mass is 15.2. The Balaban J connectivity index is 2.25. The molecule has 0 unspecified atom stereocenters. The van der Waals surface area contributed by atoms with Crippen molar-refractivity contribution in [2.45, 2.75) is 25.4 Å². The van der Waals surface area contributed by atoms with Gasteiger partial charge in [0, 0.05) is 31.0 Å². The predicted octanol–water partition coefficient (Wildman–Crippen LogP) is 1.33. The average molecular weight is 191 g/mol. The molecule has 0 spiro atoms. The Labute approximate surface area is 84.7 Å². The Morgan fingerprint density at radius 3 is 2.71 bits per heavy atom. The van der Waals surface area contributed by atoms with Crippen molar-refractivity contribution in [3.05, 3.63) is 23.8 Å². The summed E-state index contributed by atoms with van der Waals surface area (Å²) in [5, 5.41) is 0. The summed E-state index contributed by atoms with van der Waals surface area (Å²) in [6, 6.07) is 6.82. The normalized spacial score (nSPS) is 15.6. The van der Waals surface area contributed by atoms with E-state index in [9.17, 15) is 0 Å². The highest BCUT2D eigenvalue weighted by molar-refractivity contribution is 5.59. The minimum atomic E-state index is 0.512. The molecule has 1 aliphatic carbocycles. The Morgan fingerprint density at radius 2 is 2.14 bits per heavy atom. The second-order valence-corrected chi connectivity index (χ2v) is 3.93. The first kappa shape index (κ1) is 9.34. The standard InChI is InChI=1S/C11H17N3/c1-14(9-2-3-9)10-4-5-11(13)8(6-10)7-12/h4-6,9H,2-3,7,12-13H2,1H3. The van der Waals surface area contributed by atoms with E-state index in [2.05, 4.69) is 24.1 Å². The summed E-state index contributed by atoms with van der Waals surface area (Å²) in [5.74, 6) is 0. The summed E-state index contributed by atoms with van der Waals surface area (Å²) < 4.78 is 0. The first-order valence-corrected chi connectivity index (χ1v) is 5.03. The van der Waals surface area contributed by atoms with Gasteiger partial charge in [-0.25, -0.2) is 0 Å². The van der Waals surface area contributed by atoms with Crippen molar-refractivity contribution in [2.24, 2.45) is 5.73 Å². The highest BCUT2D eigenvalue weighted by Gasteiger charge is 2.26. The number of rotatable bonds is 3. The Morgan fingerprint density at radius 1 is 1.43 bits per heavy atom. The quantitative estimate of drug-likeness (QED) is 0.709. The van der Waals surface area contributed by atoms with E-state index in [0.29, 0.717) is 6.54 Å². The number of nitrogen functional groups attached to an aromatic ring is 1. The fourth-order valence-corrected chi connectivity index (χ4v) is 1.66. The molecule has 0 heterocycles. The molecule has 0 amide bonds. The summed E-state index contributed by atoms with van der Waals surface area (Å²) in [6.45, 7) is 0.512. The molecule has 1 aliphatic rings. The molecule has 3 heteroatoms. The fourth-order valence-electron chi connectivity index (χ4n) is 1.66. The van der Waals surface area contributed by atoms with E-state index in [1.54, 1.807) is 0 Å². The molecule has 76 valence electrons. The number of hydrogen-bond acceptors (Lipinski definition) is 3. The van der Waals surface area contributed by atoms with Gasteiger partial charge in [0.15, 0.2) is 0 Å². The van der Waals surface area contributed by atoms with Crippen molar-refractivity contribution in [1.82, 2.24) is 0 Å². The van der Waals surface area contributed by atoms with E-state index in [1.807, 2.05) is 6.07 Å². The lowest BCUT2D eigenvalue weighted by Crippen LogP contribution is -2.19. The number of nitrogens with two attached hydrogens (primary N) is 2. The molecular weight excluding hydrogens is 174 g/mol. The zero-order valence-corrected chi connectivity index (χ0v) is 8.53. The highest BCUT2D eigenvalue weighted by Crippen LogP contribution is 2.31. The Hall–Kier alpha value is -1.22. The van der Waals surface area contributed by atoms with Crippen molar-refractivity contribution in [3.63, 3.8) is 0 Å². The maximum Gasteiger partial charge on any atom is 0.0370 e. The van der Waals surface area contributed by atoms with Crippen LogP contribution in [0.15, 0.2) is 18.2 Å². The molecule has 2 rings (SSSR count). The number of anilines is 2. The van der Waals surface area contributed by atoms with Gasteiger partial charge in [0.1, 0.15) is 0 Å². The van der Waals surface area contributed by atoms with Gasteiger partial charge in [-0.2, -0.15) is 0 Å². The maximum absolute atomic E-state index is 5.79. The molecule has 0 aromatic heterocycles. The van der Waals surface area contributed by atoms with E-state index >= 15 is 0 Å². The third-order valence-electron chi connectivity index (χ3n) is 2.85. The Bertz CT molecular complexity index is 331. The van der Waals surface area contributed by atoms with Crippen LogP contribution in [0.1, 0.15) is 18.4 Å². The van der Waals surface area contributed by atoms with Crippen LogP contribution in [0.25, 0.3) is 0 Å². The summed E-state index contributed by atoms with van der Waals surface area (Å²) in [4.78, 5) is 2.30. The van der Waals surface area contributed by atoms with Crippen LogP contribution >= 0.6 is 0 Å². The molecule has 1 aromatic rings. The number of benzene rings is 1. The van der Waals surface area contributed by atoms with Crippen molar-refractivity contribution in [1.29, 1.82) is 0 Å². The maximum atomic E-state index is 5.79. The van der Waals surface area contributed by atoms with E-state index in [-0.39, 0.29) is 0 Å². The monoisotopic (exact) mass is 191 g/mol. The number of nitrogens with zero attached hydrogens (tertiary/aromatic N) is 1. The summed E-state index contributed by atoms with van der Waals surface area (Å²) in [7, 11) is 2.13. The molecule has 0 radical (unpaired) electrons. The average Bonchev–Trinajstić information content (AvgIpc) is 3.01. The summed E-state index contributed by atoms with van der Waals surface area (Å²) in [5.41, 5.74) is 14.5. The number of hydrogen-bond donors (Lipinski definition) is 2. The van der Waals surface area contributed by atoms with Crippen molar-refractivity contribution in [3.8, 4) is 0 Å². The molecule has 14 heavy (non-hydrogen) atoms. The zero-order valence-electron chi connectivity index (χ0n) is 8.53. The van der Waals surface area contributed by atoms with Crippen LogP contribution in [0.2, 0.25) is 0 Å². The van der Waals surface area contributed by atoms with Crippen LogP contribution in [0.3, 0.4) is 0 Å². The van der Waals surface area contributed by atoms with E-state index < -0.39 is 0 Å². The lowest BCUT2D eigenvalue weighted by Gasteiger charge is -2.19. The van der Waals surface area contributed by atoms with Gasteiger partial charge in [0.2, 0.25) is 0 Å². The largest absolute Gasteiger partial charge is 0.398 e. The van der Waals surface area contributed by atoms with Crippen LogP contribution in [-0.2, 0) is 6.54 Å². The fraction of sp³-hybridized carbons (Fsp3) is 0.455. The van der Waals surface area contributed by atoms with Crippen LogP contribution < -0.4 is 16.4 Å². The van der Waals surface area contributed by atoms with Gasteiger partial charge < -0.3 is 16.4 Å². The first-order valence-electron chi connectivity index (χ1n) is 5.03. The molecular formula is C11H17N3. The van der Waals surface area contributed by atoms with Crippen molar-refractivity contribution in [2.75, 3.05) is 17.7 Å². The smallest absolute Gasteiger partial charge is 0.0370 e. The van der Waals surface area contributed by atoms with Crippen LogP contribution in [0.5, 0.6) is 0 Å². The van der Waals surface area contributed by atoms with Crippen LogP contribution in [0, 0.1) is 0 Å². The second-order valence-electron chi connectivity index (χ2n) is 3.93. The van der Waals surface area contributed by atoms with Gasteiger partial charge in [-0.1, -0.05) is 0 Å². The molecule has 3 nitrogen and oxygen atoms in total. The zero-order chi connectivity index (χ0) is 10.1. The van der Waals surface area contributed by atoms with Gasteiger partial charge in [-0.15, -0.1) is 0 Å². The molecule has 4 N–H and O–H groups in total. The molecule has 0 saturated heterocycles. The summed E-state index contributed by atoms with van der Waals surface area (Å²) >= 11 is 0. The van der Waals surface area contributed by atoms with Gasteiger partial charge in [-0.05, 0) is 36.6 Å². The van der Waals surface area contributed by atoms with E-state index in [4.69, 9.17) is 11.5 Å². The van der Waals surface area contributed by atoms with Crippen LogP contribution in [0.4, 0.5) is 11.4 Å². The first-order chi connectivity index (χ1) is 6.72. The molecule has 0 atom stereocenters. The molecule has 1 fully saturated rings. The minimum Gasteiger partial charge on any atom is -0.398 e. The van der Waals surface area contributed by atoms with Crippen molar-refractivity contribution >= 4 is 11.4 Å². The molecule has 1 aromatic carbocycles. The van der Waals surface area contributed by atoms with E-state index in [0.717, 1.165) is 17.3 Å². The summed E-state index contributed by atoms with van der Waals surface area (Å²) in [6.07, 6.45) is 2.61. The molecule has 1 saturated carbocycles. The molecule has 0 aliphatic heterocycles. The second kappa shape index (κ2) is 3.50. The Kier molecular flexibility index (Phi) is 2.33. The van der Waals surface area contributed by atoms with Gasteiger partial charge >= 0.3 is 0 Å². The third kappa shape index (κ3) is 1.68. The topological polar surface area (TPSA) is 55.3 Å². The SMILES string of the molecule is CN(c1ccc(N)c(CN)c1)C1CC1. The van der Waals surface area contributed by atoms with Gasteiger partial charge in [0.05, 0.1) is 0 Å². The molecule has 0 bridgehead atoms. The van der Waals surface area contributed by atoms with E-state index in [1.165, 1.54) is 18.5 Å². The third-order valence-corrected chi connectivity index (χ3v) is 2.85. The van der Waals surface area contributed by atoms with Crippen molar-refractivity contribution < 1.29 is 0 Å². The van der Waals surface area contributed by atoms with Gasteiger partial charge in [-0.3, -0.25) is 0 Å². The predicted molar refractivity (Wildman–Crippen MR) is 60.2 cm³/mol. The van der Waals surface area contributed by atoms with Crippen LogP contribution in [-0.4, -0.2) is 13.1 Å². The van der Waals surface area contributed by atoms with Gasteiger partial charge in [0.25, 0.3) is 0 Å². The lowest BCUT2D eigenvalue weighted by atomic mass is 10.1. The lowest BCUT2D eigenvalue weighted by molar-refractivity contribution is 0.913.